The largest absolute Gasteiger partial charge is 0.348 e. The summed E-state index contributed by atoms with van der Waals surface area (Å²) in [5.41, 5.74) is 0.488. The summed E-state index contributed by atoms with van der Waals surface area (Å²) in [6.45, 7) is 10.9. The maximum Gasteiger partial charge on any atom is 0.163 e. The number of rotatable bonds is 12. The Hall–Kier alpha value is -3.16. The van der Waals surface area contributed by atoms with E-state index >= 15 is 8.78 Å². The average Bonchev–Trinajstić information content (AvgIpc) is 3.62. The summed E-state index contributed by atoms with van der Waals surface area (Å²) in [6, 6.07) is 19.9. The Labute approximate surface area is 316 Å². The maximum atomic E-state index is 16.2. The van der Waals surface area contributed by atoms with Gasteiger partial charge in [-0.25, -0.2) is 8.78 Å². The van der Waals surface area contributed by atoms with Crippen molar-refractivity contribution in [2.75, 3.05) is 19.7 Å². The second-order valence-electron chi connectivity index (χ2n) is 15.5. The first-order valence-corrected chi connectivity index (χ1v) is 18.9. The molecule has 0 amide bonds. The van der Waals surface area contributed by atoms with Crippen LogP contribution < -0.4 is 5.32 Å². The van der Waals surface area contributed by atoms with Gasteiger partial charge < -0.3 is 14.8 Å². The molecule has 0 unspecified atom stereocenters. The maximum absolute atomic E-state index is 16.2. The highest BCUT2D eigenvalue weighted by atomic mass is 35.5. The van der Waals surface area contributed by atoms with Crippen LogP contribution in [0.5, 0.6) is 0 Å². The van der Waals surface area contributed by atoms with Crippen LogP contribution in [-0.2, 0) is 26.2 Å². The van der Waals surface area contributed by atoms with Crippen molar-refractivity contribution >= 4 is 29.0 Å². The smallest absolute Gasteiger partial charge is 0.163 e. The third-order valence-corrected chi connectivity index (χ3v) is 11.6. The van der Waals surface area contributed by atoms with Gasteiger partial charge in [0.2, 0.25) is 0 Å². The van der Waals surface area contributed by atoms with Crippen LogP contribution in [0, 0.1) is 28.4 Å². The first kappa shape index (κ1) is 38.6. The van der Waals surface area contributed by atoms with Gasteiger partial charge in [-0.1, -0.05) is 97.2 Å². The summed E-state index contributed by atoms with van der Waals surface area (Å²) >= 11 is 12.6. The van der Waals surface area contributed by atoms with E-state index in [1.165, 1.54) is 35.4 Å². The summed E-state index contributed by atoms with van der Waals surface area (Å²) < 4.78 is 44.1. The van der Waals surface area contributed by atoms with Crippen molar-refractivity contribution in [1.82, 2.24) is 10.2 Å². The van der Waals surface area contributed by atoms with Crippen molar-refractivity contribution in [2.45, 2.75) is 102 Å². The number of carbonyl (C=O) groups excluding carboxylic acids is 1. The topological polar surface area (TPSA) is 74.6 Å². The fraction of sp³-hybridized carbons (Fsp3) is 0.476. The molecule has 3 aromatic rings. The summed E-state index contributed by atoms with van der Waals surface area (Å²) in [7, 11) is 0. The minimum absolute atomic E-state index is 0.0674. The van der Waals surface area contributed by atoms with Crippen molar-refractivity contribution in [3.05, 3.63) is 117 Å². The average molecular weight is 751 g/mol. The molecule has 0 spiro atoms. The van der Waals surface area contributed by atoms with Gasteiger partial charge in [0.1, 0.15) is 22.8 Å². The minimum atomic E-state index is -1.70. The molecule has 276 valence electrons. The van der Waals surface area contributed by atoms with Gasteiger partial charge in [-0.2, -0.15) is 5.26 Å². The first-order valence-electron chi connectivity index (χ1n) is 18.1. The number of halogens is 4. The molecule has 2 fully saturated rings. The number of nitrogens with zero attached hydrogens (tertiary/aromatic N) is 2. The quantitative estimate of drug-likeness (QED) is 0.186. The van der Waals surface area contributed by atoms with Crippen LogP contribution in [0.25, 0.3) is 0 Å². The van der Waals surface area contributed by atoms with Crippen LogP contribution in [0.4, 0.5) is 8.78 Å². The van der Waals surface area contributed by atoms with E-state index in [0.29, 0.717) is 25.9 Å². The molecule has 6 rings (SSSR count). The number of carbonyl (C=O) groups is 1. The van der Waals surface area contributed by atoms with Gasteiger partial charge >= 0.3 is 0 Å². The molecular weight excluding hydrogens is 703 g/mol. The standard InChI is InChI=1S/C42H47Cl2F2N3O3/c1-40(2,28-18-20-49(21-19-28)24-27-10-6-5-7-11-27)23-36-42(26-47,32-17-16-29(43)22-34(32)45)37(31-13-9-14-33(44)38(31)46)39(48-36)35(50)15-8-12-30-25-51-41(3,4)52-30/h5-7,9-11,13-14,16-18,22,30,36-37,39,48H,8,12,15,19-21,23-25H2,1-4H3/t30-,36-,37-,39-,42-/m0/s1. The van der Waals surface area contributed by atoms with Gasteiger partial charge in [0.05, 0.1) is 29.8 Å². The predicted molar refractivity (Wildman–Crippen MR) is 200 cm³/mol. The number of hydrogen-bond donors (Lipinski definition) is 1. The molecule has 0 bridgehead atoms. The van der Waals surface area contributed by atoms with E-state index in [0.717, 1.165) is 26.1 Å². The zero-order chi connectivity index (χ0) is 37.3. The highest BCUT2D eigenvalue weighted by Crippen LogP contribution is 2.54. The lowest BCUT2D eigenvalue weighted by Gasteiger charge is -2.40. The molecule has 6 nitrogen and oxygen atoms in total. The Morgan fingerprint density at radius 2 is 1.87 bits per heavy atom. The Morgan fingerprint density at radius 3 is 2.52 bits per heavy atom. The number of benzene rings is 3. The summed E-state index contributed by atoms with van der Waals surface area (Å²) in [5, 5.41) is 14.9. The van der Waals surface area contributed by atoms with Crippen molar-refractivity contribution in [3.63, 3.8) is 0 Å². The lowest BCUT2D eigenvalue weighted by molar-refractivity contribution is -0.139. The van der Waals surface area contributed by atoms with Gasteiger partial charge in [-0.05, 0) is 74.3 Å². The van der Waals surface area contributed by atoms with Crippen LogP contribution in [0.15, 0.2) is 78.4 Å². The molecule has 3 aromatic carbocycles. The van der Waals surface area contributed by atoms with Crippen LogP contribution in [-0.4, -0.2) is 54.4 Å². The third-order valence-electron chi connectivity index (χ3n) is 11.1. The summed E-state index contributed by atoms with van der Waals surface area (Å²) in [5.74, 6) is -3.37. The fourth-order valence-corrected chi connectivity index (χ4v) is 8.85. The molecule has 0 aromatic heterocycles. The molecule has 1 N–H and O–H groups in total. The second kappa shape index (κ2) is 15.7. The predicted octanol–water partition coefficient (Wildman–Crippen LogP) is 9.30. The SMILES string of the molecule is CC1(C)OC[C@H](CCCC(=O)[C@@H]2N[C@@H](CC(C)(C)C3=CCN(Cc4ccccc4)CC3)[C@](C#N)(c3ccc(Cl)cc3F)[C@H]2c2cccc(Cl)c2F)O1. The highest BCUT2D eigenvalue weighted by molar-refractivity contribution is 6.31. The highest BCUT2D eigenvalue weighted by Gasteiger charge is 2.61. The Balaban J connectivity index is 1.35. The summed E-state index contributed by atoms with van der Waals surface area (Å²) in [6.07, 6.45) is 4.56. The van der Waals surface area contributed by atoms with Crippen LogP contribution in [0.3, 0.4) is 0 Å². The van der Waals surface area contributed by atoms with E-state index in [9.17, 15) is 10.1 Å². The van der Waals surface area contributed by atoms with E-state index in [4.69, 9.17) is 32.7 Å². The molecule has 3 heterocycles. The first-order chi connectivity index (χ1) is 24.7. The van der Waals surface area contributed by atoms with Gasteiger partial charge in [0.25, 0.3) is 0 Å². The molecular formula is C42H47Cl2F2N3O3. The van der Waals surface area contributed by atoms with E-state index in [2.05, 4.69) is 48.3 Å². The van der Waals surface area contributed by atoms with Crippen LogP contribution in [0.2, 0.25) is 10.0 Å². The zero-order valence-electron chi connectivity index (χ0n) is 30.2. The second-order valence-corrected chi connectivity index (χ2v) is 16.4. The van der Waals surface area contributed by atoms with Crippen molar-refractivity contribution in [1.29, 1.82) is 5.26 Å². The fourth-order valence-electron chi connectivity index (χ4n) is 8.51. The molecule has 0 aliphatic carbocycles. The summed E-state index contributed by atoms with van der Waals surface area (Å²) in [4.78, 5) is 16.8. The van der Waals surface area contributed by atoms with Gasteiger partial charge in [-0.15, -0.1) is 0 Å². The monoisotopic (exact) mass is 749 g/mol. The molecule has 52 heavy (non-hydrogen) atoms. The van der Waals surface area contributed by atoms with E-state index in [1.807, 2.05) is 32.0 Å². The molecule has 3 aliphatic rings. The molecule has 5 atom stereocenters. The van der Waals surface area contributed by atoms with Gasteiger partial charge in [0, 0.05) is 48.6 Å². The zero-order valence-corrected chi connectivity index (χ0v) is 31.7. The molecule has 10 heteroatoms. The van der Waals surface area contributed by atoms with E-state index in [1.54, 1.807) is 12.1 Å². The number of nitrogens with one attached hydrogen (secondary N) is 1. The van der Waals surface area contributed by atoms with E-state index in [-0.39, 0.29) is 39.5 Å². The normalized spacial score (nSPS) is 26.2. The number of hydrogen-bond acceptors (Lipinski definition) is 6. The lowest BCUT2D eigenvalue weighted by atomic mass is 9.61. The minimum Gasteiger partial charge on any atom is -0.348 e. The van der Waals surface area contributed by atoms with Crippen molar-refractivity contribution in [2.24, 2.45) is 5.41 Å². The number of ketones is 1. The van der Waals surface area contributed by atoms with Crippen molar-refractivity contribution in [3.8, 4) is 6.07 Å². The molecule has 0 radical (unpaired) electrons. The van der Waals surface area contributed by atoms with Crippen molar-refractivity contribution < 1.29 is 23.0 Å². The van der Waals surface area contributed by atoms with Crippen LogP contribution in [0.1, 0.15) is 82.4 Å². The third kappa shape index (κ3) is 8.01. The Kier molecular flexibility index (Phi) is 11.6. The molecule has 0 saturated carbocycles. The number of ether oxygens (including phenoxy) is 2. The molecule has 3 aliphatic heterocycles. The number of nitriles is 1. The van der Waals surface area contributed by atoms with Gasteiger partial charge in [-0.3, -0.25) is 9.69 Å². The van der Waals surface area contributed by atoms with E-state index < -0.39 is 46.3 Å². The Morgan fingerprint density at radius 1 is 1.10 bits per heavy atom. The Bertz CT molecular complexity index is 1850. The van der Waals surface area contributed by atoms with Crippen LogP contribution >= 0.6 is 23.2 Å². The van der Waals surface area contributed by atoms with Gasteiger partial charge in [0.15, 0.2) is 5.79 Å². The lowest BCUT2D eigenvalue weighted by Crippen LogP contribution is -2.46. The molecule has 2 saturated heterocycles. The number of Topliss-reactive ketones (excluding diaryl/α,β-unsaturated/α-hetero) is 1.